The third kappa shape index (κ3) is 6.09. The lowest BCUT2D eigenvalue weighted by atomic mass is 9.99. The van der Waals surface area contributed by atoms with Gasteiger partial charge in [0, 0.05) is 43.4 Å². The van der Waals surface area contributed by atoms with Gasteiger partial charge in [-0.05, 0) is 87.6 Å². The van der Waals surface area contributed by atoms with Gasteiger partial charge in [0.25, 0.3) is 0 Å². The fourth-order valence-electron chi connectivity index (χ4n) is 8.88. The zero-order valence-electron chi connectivity index (χ0n) is 33.0. The van der Waals surface area contributed by atoms with E-state index in [0.29, 0.717) is 5.82 Å². The van der Waals surface area contributed by atoms with Crippen LogP contribution in [0.1, 0.15) is 0 Å². The Bertz CT molecular complexity index is 3430. The number of rotatable bonds is 6. The van der Waals surface area contributed by atoms with Gasteiger partial charge in [-0.3, -0.25) is 4.57 Å². The highest BCUT2D eigenvalue weighted by Crippen LogP contribution is 2.52. The van der Waals surface area contributed by atoms with Crippen molar-refractivity contribution in [3.8, 4) is 50.7 Å². The van der Waals surface area contributed by atoms with Gasteiger partial charge in [-0.1, -0.05) is 169 Å². The first kappa shape index (κ1) is 35.2. The SMILES string of the molecule is c1ccc(-c2ccc(-c3nc(-c4ccccc4)cc(-n4c5ccc(-c6ccc7c(c6)N(c6ccccc6)c6ccccc6S7)cc5c5c6ccccc6ccc54)n3)cc2)cc1. The van der Waals surface area contributed by atoms with Gasteiger partial charge in [-0.2, -0.15) is 0 Å². The van der Waals surface area contributed by atoms with Crippen molar-refractivity contribution in [1.29, 1.82) is 0 Å². The molecule has 61 heavy (non-hydrogen) atoms. The second-order valence-corrected chi connectivity index (χ2v) is 16.5. The monoisotopic (exact) mass is 796 g/mol. The summed E-state index contributed by atoms with van der Waals surface area (Å²) in [7, 11) is 0. The van der Waals surface area contributed by atoms with Crippen molar-refractivity contribution >= 4 is 61.4 Å². The molecule has 0 spiro atoms. The zero-order valence-corrected chi connectivity index (χ0v) is 33.8. The van der Waals surface area contributed by atoms with Crippen molar-refractivity contribution in [1.82, 2.24) is 14.5 Å². The van der Waals surface area contributed by atoms with Crippen LogP contribution in [0.5, 0.6) is 0 Å². The molecule has 0 amide bonds. The minimum absolute atomic E-state index is 0.680. The number of hydrogen-bond donors (Lipinski definition) is 0. The second-order valence-electron chi connectivity index (χ2n) is 15.4. The Morgan fingerprint density at radius 3 is 1.80 bits per heavy atom. The molecule has 0 saturated heterocycles. The number of fused-ring (bicyclic) bond motifs is 7. The first-order valence-corrected chi connectivity index (χ1v) is 21.4. The molecule has 2 aromatic heterocycles. The van der Waals surface area contributed by atoms with Crippen molar-refractivity contribution in [3.05, 3.63) is 218 Å². The number of anilines is 3. The van der Waals surface area contributed by atoms with E-state index in [9.17, 15) is 0 Å². The van der Waals surface area contributed by atoms with Gasteiger partial charge in [0.05, 0.1) is 28.1 Å². The van der Waals surface area contributed by atoms with E-state index < -0.39 is 0 Å². The maximum absolute atomic E-state index is 5.38. The second kappa shape index (κ2) is 14.5. The maximum Gasteiger partial charge on any atom is 0.162 e. The Kier molecular flexibility index (Phi) is 8.39. The molecule has 0 atom stereocenters. The van der Waals surface area contributed by atoms with Gasteiger partial charge in [0.1, 0.15) is 5.82 Å². The van der Waals surface area contributed by atoms with Gasteiger partial charge >= 0.3 is 0 Å². The van der Waals surface area contributed by atoms with Gasteiger partial charge < -0.3 is 4.90 Å². The Balaban J connectivity index is 1.05. The zero-order chi connectivity index (χ0) is 40.3. The normalized spacial score (nSPS) is 12.2. The topological polar surface area (TPSA) is 34.0 Å². The molecule has 4 nitrogen and oxygen atoms in total. The molecule has 0 unspecified atom stereocenters. The molecule has 0 aliphatic carbocycles. The predicted octanol–water partition coefficient (Wildman–Crippen LogP) is 15.3. The summed E-state index contributed by atoms with van der Waals surface area (Å²) in [6, 6.07) is 78.0. The number of nitrogens with zero attached hydrogens (tertiary/aromatic N) is 4. The van der Waals surface area contributed by atoms with Crippen molar-refractivity contribution in [2.45, 2.75) is 9.79 Å². The minimum atomic E-state index is 0.680. The minimum Gasteiger partial charge on any atom is -0.308 e. The first-order chi connectivity index (χ1) is 30.2. The molecule has 1 aliphatic heterocycles. The van der Waals surface area contributed by atoms with Crippen LogP contribution in [0.2, 0.25) is 0 Å². The van der Waals surface area contributed by atoms with Crippen LogP contribution in [0.25, 0.3) is 83.3 Å². The standard InChI is InChI=1S/C56H36N4S/c1-4-14-37(15-5-1)38-24-26-41(27-25-38)56-57-47(40-17-6-2-7-18-40)36-54(58-56)60-48-31-29-42(34-46(48)55-45-21-11-10-16-39(45)28-32-50(55)60)43-30-33-53-51(35-43)59(44-19-8-3-9-20-44)49-22-12-13-23-52(49)61-53/h1-36H. The van der Waals surface area contributed by atoms with Gasteiger partial charge in [0.2, 0.25) is 0 Å². The summed E-state index contributed by atoms with van der Waals surface area (Å²) in [5.41, 5.74) is 13.2. The van der Waals surface area contributed by atoms with Crippen LogP contribution in [0.3, 0.4) is 0 Å². The Labute approximate surface area is 358 Å². The van der Waals surface area contributed by atoms with Crippen LogP contribution in [-0.4, -0.2) is 14.5 Å². The number of hydrogen-bond acceptors (Lipinski definition) is 4. The summed E-state index contributed by atoms with van der Waals surface area (Å²) in [6.07, 6.45) is 0. The molecule has 9 aromatic carbocycles. The maximum atomic E-state index is 5.38. The molecular weight excluding hydrogens is 761 g/mol. The van der Waals surface area contributed by atoms with E-state index in [1.165, 1.54) is 48.3 Å². The lowest BCUT2D eigenvalue weighted by Gasteiger charge is -2.33. The average Bonchev–Trinajstić information content (AvgIpc) is 3.68. The van der Waals surface area contributed by atoms with Gasteiger partial charge in [0.15, 0.2) is 5.82 Å². The van der Waals surface area contributed by atoms with E-state index in [1.54, 1.807) is 0 Å². The Morgan fingerprint density at radius 1 is 0.377 bits per heavy atom. The van der Waals surface area contributed by atoms with Crippen LogP contribution < -0.4 is 4.90 Å². The molecule has 286 valence electrons. The lowest BCUT2D eigenvalue weighted by molar-refractivity contribution is 1.05. The summed E-state index contributed by atoms with van der Waals surface area (Å²) in [5, 5.41) is 4.80. The van der Waals surface area contributed by atoms with Crippen molar-refractivity contribution < 1.29 is 0 Å². The largest absolute Gasteiger partial charge is 0.308 e. The van der Waals surface area contributed by atoms with E-state index in [-0.39, 0.29) is 0 Å². The molecule has 5 heteroatoms. The third-order valence-corrected chi connectivity index (χ3v) is 12.9. The molecular formula is C56H36N4S. The van der Waals surface area contributed by atoms with E-state index in [4.69, 9.17) is 9.97 Å². The fraction of sp³-hybridized carbons (Fsp3) is 0. The molecule has 1 aliphatic rings. The van der Waals surface area contributed by atoms with E-state index in [0.717, 1.165) is 56.0 Å². The lowest BCUT2D eigenvalue weighted by Crippen LogP contribution is -2.14. The molecule has 11 aromatic rings. The molecule has 0 radical (unpaired) electrons. The Morgan fingerprint density at radius 2 is 0.984 bits per heavy atom. The third-order valence-electron chi connectivity index (χ3n) is 11.8. The van der Waals surface area contributed by atoms with Crippen LogP contribution in [0.15, 0.2) is 228 Å². The van der Waals surface area contributed by atoms with Gasteiger partial charge in [-0.15, -0.1) is 0 Å². The summed E-state index contributed by atoms with van der Waals surface area (Å²) < 4.78 is 2.33. The van der Waals surface area contributed by atoms with Crippen LogP contribution in [-0.2, 0) is 0 Å². The number of benzene rings is 9. The summed E-state index contributed by atoms with van der Waals surface area (Å²) in [4.78, 5) is 15.5. The van der Waals surface area contributed by atoms with Gasteiger partial charge in [-0.25, -0.2) is 9.97 Å². The van der Waals surface area contributed by atoms with Crippen molar-refractivity contribution in [3.63, 3.8) is 0 Å². The summed E-state index contributed by atoms with van der Waals surface area (Å²) in [6.45, 7) is 0. The number of aromatic nitrogens is 3. The Hall–Kier alpha value is -7.73. The molecule has 0 N–H and O–H groups in total. The van der Waals surface area contributed by atoms with E-state index >= 15 is 0 Å². The van der Waals surface area contributed by atoms with E-state index in [2.05, 4.69) is 216 Å². The number of para-hydroxylation sites is 2. The van der Waals surface area contributed by atoms with Crippen LogP contribution >= 0.6 is 11.8 Å². The molecule has 0 fully saturated rings. The molecule has 0 saturated carbocycles. The quantitative estimate of drug-likeness (QED) is 0.168. The summed E-state index contributed by atoms with van der Waals surface area (Å²) >= 11 is 1.83. The first-order valence-electron chi connectivity index (χ1n) is 20.6. The van der Waals surface area contributed by atoms with E-state index in [1.807, 2.05) is 23.9 Å². The van der Waals surface area contributed by atoms with Crippen LogP contribution in [0, 0.1) is 0 Å². The smallest absolute Gasteiger partial charge is 0.162 e. The average molecular weight is 797 g/mol. The fourth-order valence-corrected chi connectivity index (χ4v) is 9.92. The van der Waals surface area contributed by atoms with Crippen LogP contribution in [0.4, 0.5) is 17.1 Å². The van der Waals surface area contributed by atoms with Crippen molar-refractivity contribution in [2.75, 3.05) is 4.90 Å². The highest BCUT2D eigenvalue weighted by Gasteiger charge is 2.26. The highest BCUT2D eigenvalue weighted by molar-refractivity contribution is 7.99. The summed E-state index contributed by atoms with van der Waals surface area (Å²) in [5.74, 6) is 1.50. The molecule has 3 heterocycles. The molecule has 0 bridgehead atoms. The molecule has 12 rings (SSSR count). The van der Waals surface area contributed by atoms with Crippen molar-refractivity contribution in [2.24, 2.45) is 0 Å². The predicted molar refractivity (Wildman–Crippen MR) is 254 cm³/mol. The highest BCUT2D eigenvalue weighted by atomic mass is 32.2.